The fraction of sp³-hybridized carbons (Fsp3) is 0.300. The zero-order valence-electron chi connectivity index (χ0n) is 13.9. The summed E-state index contributed by atoms with van der Waals surface area (Å²) >= 11 is 5.82. The van der Waals surface area contributed by atoms with Gasteiger partial charge in [0.25, 0.3) is 0 Å². The molecule has 1 spiro atoms. The summed E-state index contributed by atoms with van der Waals surface area (Å²) in [6, 6.07) is 12.0. The zero-order valence-corrected chi connectivity index (χ0v) is 15.4. The van der Waals surface area contributed by atoms with Gasteiger partial charge in [-0.1, -0.05) is 29.8 Å². The van der Waals surface area contributed by atoms with Crippen LogP contribution in [-0.2, 0) is 9.84 Å². The van der Waals surface area contributed by atoms with E-state index < -0.39 is 15.7 Å². The molecule has 2 nitrogen and oxygen atoms in total. The molecule has 4 rings (SSSR count). The fourth-order valence-corrected chi connectivity index (χ4v) is 4.44. The van der Waals surface area contributed by atoms with Gasteiger partial charge in [0.2, 0.25) is 0 Å². The molecule has 25 heavy (non-hydrogen) atoms. The average molecular weight is 377 g/mol. The Bertz CT molecular complexity index is 987. The van der Waals surface area contributed by atoms with Crippen LogP contribution in [0, 0.1) is 11.2 Å². The van der Waals surface area contributed by atoms with E-state index in [0.717, 1.165) is 29.5 Å². The lowest BCUT2D eigenvalue weighted by Crippen LogP contribution is -1.97. The van der Waals surface area contributed by atoms with Crippen LogP contribution in [0.2, 0.25) is 5.02 Å². The van der Waals surface area contributed by atoms with E-state index in [9.17, 15) is 12.8 Å². The largest absolute Gasteiger partial charge is 0.224 e. The molecule has 2 aromatic rings. The first-order chi connectivity index (χ1) is 11.8. The lowest BCUT2D eigenvalue weighted by atomic mass is 9.97. The Morgan fingerprint density at radius 2 is 1.52 bits per heavy atom. The van der Waals surface area contributed by atoms with Crippen LogP contribution in [0.15, 0.2) is 47.4 Å². The van der Waals surface area contributed by atoms with E-state index in [1.54, 1.807) is 18.2 Å². The summed E-state index contributed by atoms with van der Waals surface area (Å²) < 4.78 is 37.3. The second-order valence-electron chi connectivity index (χ2n) is 7.24. The van der Waals surface area contributed by atoms with Crippen LogP contribution in [0.4, 0.5) is 4.39 Å². The highest BCUT2D eigenvalue weighted by atomic mass is 35.5. The minimum absolute atomic E-state index is 0.127. The van der Waals surface area contributed by atoms with Crippen LogP contribution in [0.25, 0.3) is 11.1 Å². The van der Waals surface area contributed by atoms with Crippen LogP contribution >= 0.6 is 11.6 Å². The molecule has 2 aliphatic rings. The summed E-state index contributed by atoms with van der Waals surface area (Å²) in [7, 11) is -3.21. The number of hydrogen-bond donors (Lipinski definition) is 0. The van der Waals surface area contributed by atoms with E-state index in [0.29, 0.717) is 10.3 Å². The molecule has 5 heteroatoms. The lowest BCUT2D eigenvalue weighted by Gasteiger charge is -2.10. The van der Waals surface area contributed by atoms with Crippen molar-refractivity contribution in [2.24, 2.45) is 5.41 Å². The molecule has 1 saturated carbocycles. The number of rotatable bonds is 3. The Morgan fingerprint density at radius 1 is 0.960 bits per heavy atom. The molecule has 0 unspecified atom stereocenters. The first-order valence-corrected chi connectivity index (χ1v) is 10.5. The number of hydrogen-bond acceptors (Lipinski definition) is 2. The average Bonchev–Trinajstić information content (AvgIpc) is 3.20. The van der Waals surface area contributed by atoms with Gasteiger partial charge in [-0.25, -0.2) is 12.8 Å². The summed E-state index contributed by atoms with van der Waals surface area (Å²) in [6.45, 7) is 0. The highest BCUT2D eigenvalue weighted by molar-refractivity contribution is 7.90. The van der Waals surface area contributed by atoms with Crippen molar-refractivity contribution in [3.05, 3.63) is 64.4 Å². The SMILES string of the molecule is CS(=O)(=O)c1ccc(C2=C(c3ccc(Cl)c(F)c3)CC3(CC3)C2)cc1. The maximum absolute atomic E-state index is 13.9. The molecule has 0 saturated heterocycles. The predicted octanol–water partition coefficient (Wildman–Crippen LogP) is 5.37. The van der Waals surface area contributed by atoms with Crippen LogP contribution in [-0.4, -0.2) is 14.7 Å². The van der Waals surface area contributed by atoms with E-state index in [-0.39, 0.29) is 5.02 Å². The molecule has 2 aliphatic carbocycles. The van der Waals surface area contributed by atoms with Crippen LogP contribution < -0.4 is 0 Å². The van der Waals surface area contributed by atoms with Gasteiger partial charge in [0.15, 0.2) is 9.84 Å². The van der Waals surface area contributed by atoms with E-state index in [4.69, 9.17) is 11.6 Å². The molecule has 0 amide bonds. The Kier molecular flexibility index (Phi) is 3.82. The van der Waals surface area contributed by atoms with Gasteiger partial charge in [0.1, 0.15) is 5.82 Å². The number of sulfone groups is 1. The third-order valence-corrected chi connectivity index (χ3v) is 6.76. The zero-order chi connectivity index (χ0) is 17.8. The monoisotopic (exact) mass is 376 g/mol. The predicted molar refractivity (Wildman–Crippen MR) is 98.7 cm³/mol. The van der Waals surface area contributed by atoms with Crippen molar-refractivity contribution in [1.29, 1.82) is 0 Å². The smallest absolute Gasteiger partial charge is 0.175 e. The van der Waals surface area contributed by atoms with Gasteiger partial charge in [-0.05, 0) is 77.6 Å². The molecule has 0 aromatic heterocycles. The second-order valence-corrected chi connectivity index (χ2v) is 9.66. The van der Waals surface area contributed by atoms with Crippen LogP contribution in [0.5, 0.6) is 0 Å². The highest BCUT2D eigenvalue weighted by Crippen LogP contribution is 2.63. The van der Waals surface area contributed by atoms with Crippen LogP contribution in [0.1, 0.15) is 36.8 Å². The van der Waals surface area contributed by atoms with Gasteiger partial charge in [0, 0.05) is 6.26 Å². The van der Waals surface area contributed by atoms with Crippen molar-refractivity contribution < 1.29 is 12.8 Å². The summed E-state index contributed by atoms with van der Waals surface area (Å²) in [5.74, 6) is -0.407. The van der Waals surface area contributed by atoms with Crippen molar-refractivity contribution in [2.75, 3.05) is 6.26 Å². The summed E-state index contributed by atoms with van der Waals surface area (Å²) in [5, 5.41) is 0.127. The van der Waals surface area contributed by atoms with E-state index in [2.05, 4.69) is 0 Å². The van der Waals surface area contributed by atoms with Gasteiger partial charge in [-0.2, -0.15) is 0 Å². The van der Waals surface area contributed by atoms with E-state index >= 15 is 0 Å². The van der Waals surface area contributed by atoms with Gasteiger partial charge in [-0.3, -0.25) is 0 Å². The summed E-state index contributed by atoms with van der Waals surface area (Å²) in [6.07, 6.45) is 5.50. The highest BCUT2D eigenvalue weighted by Gasteiger charge is 2.48. The molecule has 0 aliphatic heterocycles. The third-order valence-electron chi connectivity index (χ3n) is 5.32. The van der Waals surface area contributed by atoms with E-state index in [1.165, 1.54) is 30.7 Å². The fourth-order valence-electron chi connectivity index (χ4n) is 3.70. The molecule has 130 valence electrons. The molecular weight excluding hydrogens is 359 g/mol. The number of allylic oxidation sites excluding steroid dienone is 2. The molecule has 0 N–H and O–H groups in total. The Morgan fingerprint density at radius 3 is 2.04 bits per heavy atom. The van der Waals surface area contributed by atoms with Crippen molar-refractivity contribution >= 4 is 32.6 Å². The first kappa shape index (κ1) is 16.8. The van der Waals surface area contributed by atoms with Crippen molar-refractivity contribution in [2.45, 2.75) is 30.6 Å². The van der Waals surface area contributed by atoms with Gasteiger partial charge in [-0.15, -0.1) is 0 Å². The normalized spacial score (nSPS) is 18.8. The Labute approximate surface area is 152 Å². The standard InChI is InChI=1S/C20H18ClFO2S/c1-25(23,24)15-5-2-13(3-6-15)16-11-20(8-9-20)12-17(16)14-4-7-18(21)19(22)10-14/h2-7,10H,8-9,11-12H2,1H3. The van der Waals surface area contributed by atoms with Crippen molar-refractivity contribution in [1.82, 2.24) is 0 Å². The number of halogens is 2. The van der Waals surface area contributed by atoms with Gasteiger partial charge < -0.3 is 0 Å². The molecule has 0 bridgehead atoms. The Hall–Kier alpha value is -1.65. The molecule has 2 aromatic carbocycles. The molecule has 0 atom stereocenters. The third kappa shape index (κ3) is 3.13. The Balaban J connectivity index is 1.79. The maximum Gasteiger partial charge on any atom is 0.175 e. The second kappa shape index (κ2) is 5.68. The maximum atomic E-state index is 13.9. The molecular formula is C20H18ClFO2S. The number of benzene rings is 2. The topological polar surface area (TPSA) is 34.1 Å². The lowest BCUT2D eigenvalue weighted by molar-refractivity contribution is 0.568. The van der Waals surface area contributed by atoms with Crippen LogP contribution in [0.3, 0.4) is 0 Å². The summed E-state index contributed by atoms with van der Waals surface area (Å²) in [4.78, 5) is 0.315. The van der Waals surface area contributed by atoms with Crippen molar-refractivity contribution in [3.63, 3.8) is 0 Å². The molecule has 0 radical (unpaired) electrons. The van der Waals surface area contributed by atoms with Crippen molar-refractivity contribution in [3.8, 4) is 0 Å². The molecule has 1 fully saturated rings. The minimum Gasteiger partial charge on any atom is -0.224 e. The van der Waals surface area contributed by atoms with E-state index in [1.807, 2.05) is 18.2 Å². The van der Waals surface area contributed by atoms with Gasteiger partial charge in [0.05, 0.1) is 9.92 Å². The molecule has 0 heterocycles. The van der Waals surface area contributed by atoms with Gasteiger partial charge >= 0.3 is 0 Å². The summed E-state index contributed by atoms with van der Waals surface area (Å²) in [5.41, 5.74) is 4.55. The quantitative estimate of drug-likeness (QED) is 0.721. The minimum atomic E-state index is -3.21. The first-order valence-electron chi connectivity index (χ1n) is 8.25.